The Morgan fingerprint density at radius 3 is 2.90 bits per heavy atom. The number of nitrogen functional groups attached to an aromatic ring is 1. The third-order valence-electron chi connectivity index (χ3n) is 2.70. The van der Waals surface area contributed by atoms with Gasteiger partial charge >= 0.3 is 0 Å². The molecule has 2 aromatic rings. The summed E-state index contributed by atoms with van der Waals surface area (Å²) >= 11 is 0. The fourth-order valence-corrected chi connectivity index (χ4v) is 1.74. The molecule has 0 aliphatic carbocycles. The molecule has 0 aliphatic heterocycles. The highest BCUT2D eigenvalue weighted by molar-refractivity contribution is 5.98. The van der Waals surface area contributed by atoms with E-state index in [0.29, 0.717) is 0 Å². The largest absolute Gasteiger partial charge is 0.365 e. The number of rotatable bonds is 5. The second-order valence-corrected chi connectivity index (χ2v) is 4.33. The normalized spacial score (nSPS) is 10.3. The Kier molecular flexibility index (Phi) is 4.12. The number of anilines is 1. The summed E-state index contributed by atoms with van der Waals surface area (Å²) < 4.78 is 4.79. The highest BCUT2D eigenvalue weighted by atomic mass is 16.6. The molecule has 0 fully saturated rings. The molecular weight excluding hydrogens is 278 g/mol. The fourth-order valence-electron chi connectivity index (χ4n) is 1.74. The number of nitro groups is 1. The summed E-state index contributed by atoms with van der Waals surface area (Å²) in [5.41, 5.74) is 5.83. The van der Waals surface area contributed by atoms with Crippen molar-refractivity contribution in [3.63, 3.8) is 0 Å². The zero-order chi connectivity index (χ0) is 15.4. The molecule has 9 heteroatoms. The van der Waals surface area contributed by atoms with Gasteiger partial charge in [0.05, 0.1) is 4.92 Å². The highest BCUT2D eigenvalue weighted by Crippen LogP contribution is 2.19. The van der Waals surface area contributed by atoms with Gasteiger partial charge in [0.2, 0.25) is 5.89 Å². The van der Waals surface area contributed by atoms with Crippen LogP contribution in [0, 0.1) is 17.0 Å². The van der Waals surface area contributed by atoms with Crippen molar-refractivity contribution in [3.05, 3.63) is 45.3 Å². The van der Waals surface area contributed by atoms with Gasteiger partial charge in [0.25, 0.3) is 17.5 Å². The number of hydrogen-bond acceptors (Lipinski definition) is 7. The van der Waals surface area contributed by atoms with Crippen LogP contribution in [0.4, 0.5) is 11.6 Å². The summed E-state index contributed by atoms with van der Waals surface area (Å²) in [5, 5.41) is 16.9. The lowest BCUT2D eigenvalue weighted by molar-refractivity contribution is -0.385. The Hall–Kier alpha value is -2.97. The molecule has 0 saturated carbocycles. The summed E-state index contributed by atoms with van der Waals surface area (Å²) in [7, 11) is 0. The van der Waals surface area contributed by atoms with Gasteiger partial charge in [0.1, 0.15) is 5.56 Å². The number of carbonyl (C=O) groups is 1. The molecule has 21 heavy (non-hydrogen) atoms. The number of nitrogens with one attached hydrogen (secondary N) is 1. The predicted molar refractivity (Wildman–Crippen MR) is 72.6 cm³/mol. The summed E-state index contributed by atoms with van der Waals surface area (Å²) in [4.78, 5) is 26.1. The predicted octanol–water partition coefficient (Wildman–Crippen LogP) is 0.841. The number of nitrogens with zero attached hydrogens (tertiary/aromatic N) is 3. The van der Waals surface area contributed by atoms with Crippen LogP contribution >= 0.6 is 0 Å². The minimum atomic E-state index is -0.590. The van der Waals surface area contributed by atoms with Gasteiger partial charge in [-0.3, -0.25) is 14.9 Å². The van der Waals surface area contributed by atoms with Crippen LogP contribution in [0.15, 0.2) is 22.7 Å². The molecule has 2 rings (SSSR count). The highest BCUT2D eigenvalue weighted by Gasteiger charge is 2.19. The van der Waals surface area contributed by atoms with Crippen LogP contribution < -0.4 is 11.1 Å². The van der Waals surface area contributed by atoms with E-state index in [2.05, 4.69) is 15.5 Å². The van der Waals surface area contributed by atoms with E-state index < -0.39 is 10.8 Å². The van der Waals surface area contributed by atoms with E-state index in [9.17, 15) is 14.9 Å². The first-order chi connectivity index (χ1) is 9.97. The molecular formula is C12H13N5O4. The Bertz CT molecular complexity index is 682. The summed E-state index contributed by atoms with van der Waals surface area (Å²) in [6.07, 6.45) is 0.287. The lowest BCUT2D eigenvalue weighted by Gasteiger charge is -2.05. The van der Waals surface area contributed by atoms with Crippen LogP contribution in [-0.2, 0) is 6.42 Å². The first-order valence-electron chi connectivity index (χ1n) is 6.08. The third-order valence-corrected chi connectivity index (χ3v) is 2.70. The number of hydrogen-bond donors (Lipinski definition) is 2. The number of carbonyl (C=O) groups excluding carboxylic acids is 1. The van der Waals surface area contributed by atoms with Crippen LogP contribution in [0.3, 0.4) is 0 Å². The molecule has 1 amide bonds. The van der Waals surface area contributed by atoms with E-state index in [1.807, 2.05) is 0 Å². The topological polar surface area (TPSA) is 137 Å². The Morgan fingerprint density at radius 2 is 2.29 bits per heavy atom. The molecule has 9 nitrogen and oxygen atoms in total. The molecule has 0 spiro atoms. The van der Waals surface area contributed by atoms with Gasteiger partial charge in [0.15, 0.2) is 0 Å². The number of nitro benzene ring substituents is 1. The molecule has 1 heterocycles. The number of aromatic nitrogens is 2. The van der Waals surface area contributed by atoms with Crippen molar-refractivity contribution in [2.24, 2.45) is 0 Å². The van der Waals surface area contributed by atoms with Crippen molar-refractivity contribution in [2.75, 3.05) is 12.3 Å². The van der Waals surface area contributed by atoms with E-state index in [-0.39, 0.29) is 36.1 Å². The monoisotopic (exact) mass is 291 g/mol. The number of aryl methyl sites for hydroxylation is 1. The quantitative estimate of drug-likeness (QED) is 0.615. The minimum Gasteiger partial charge on any atom is -0.365 e. The van der Waals surface area contributed by atoms with Crippen molar-refractivity contribution in [3.8, 4) is 0 Å². The molecule has 1 aromatic carbocycles. The Balaban J connectivity index is 2.03. The van der Waals surface area contributed by atoms with Crippen molar-refractivity contribution >= 4 is 17.5 Å². The van der Waals surface area contributed by atoms with Crippen molar-refractivity contribution in [1.29, 1.82) is 0 Å². The Morgan fingerprint density at radius 1 is 1.52 bits per heavy atom. The zero-order valence-electron chi connectivity index (χ0n) is 11.2. The maximum absolute atomic E-state index is 12.0. The number of benzene rings is 1. The first kappa shape index (κ1) is 14.4. The summed E-state index contributed by atoms with van der Waals surface area (Å²) in [6, 6.07) is 4.36. The standard InChI is InChI=1S/C12H13N5O4/c1-7-2-3-9(17(19)20)8(6-7)11(18)14-5-4-10-15-12(13)16-21-10/h2-3,6H,4-5H2,1H3,(H2,13,16)(H,14,18). The molecule has 0 radical (unpaired) electrons. The third kappa shape index (κ3) is 3.53. The molecule has 0 unspecified atom stereocenters. The van der Waals surface area contributed by atoms with Crippen molar-refractivity contribution in [2.45, 2.75) is 13.3 Å². The van der Waals surface area contributed by atoms with Crippen molar-refractivity contribution in [1.82, 2.24) is 15.5 Å². The lowest BCUT2D eigenvalue weighted by Crippen LogP contribution is -2.26. The second kappa shape index (κ2) is 5.99. The Labute approximate surface area is 119 Å². The molecule has 1 aromatic heterocycles. The van der Waals surface area contributed by atoms with E-state index in [1.165, 1.54) is 12.1 Å². The summed E-state index contributed by atoms with van der Waals surface area (Å²) in [5.74, 6) is -0.227. The van der Waals surface area contributed by atoms with Gasteiger partial charge < -0.3 is 15.6 Å². The molecule has 3 N–H and O–H groups in total. The molecule has 0 atom stereocenters. The van der Waals surface area contributed by atoms with Crippen LogP contribution in [0.5, 0.6) is 0 Å². The van der Waals surface area contributed by atoms with E-state index in [0.717, 1.165) is 5.56 Å². The van der Waals surface area contributed by atoms with E-state index >= 15 is 0 Å². The van der Waals surface area contributed by atoms with Gasteiger partial charge in [0, 0.05) is 19.0 Å². The van der Waals surface area contributed by atoms with Crippen LogP contribution in [0.2, 0.25) is 0 Å². The second-order valence-electron chi connectivity index (χ2n) is 4.33. The van der Waals surface area contributed by atoms with Crippen LogP contribution in [-0.4, -0.2) is 27.5 Å². The summed E-state index contributed by atoms with van der Waals surface area (Å²) in [6.45, 7) is 1.95. The van der Waals surface area contributed by atoms with Crippen molar-refractivity contribution < 1.29 is 14.2 Å². The van der Waals surface area contributed by atoms with Gasteiger partial charge in [-0.2, -0.15) is 4.98 Å². The average Bonchev–Trinajstić information content (AvgIpc) is 2.84. The smallest absolute Gasteiger partial charge is 0.282 e. The zero-order valence-corrected chi connectivity index (χ0v) is 11.2. The van der Waals surface area contributed by atoms with E-state index in [4.69, 9.17) is 10.3 Å². The van der Waals surface area contributed by atoms with Crippen LogP contribution in [0.1, 0.15) is 21.8 Å². The maximum atomic E-state index is 12.0. The van der Waals surface area contributed by atoms with Gasteiger partial charge in [-0.15, -0.1) is 0 Å². The lowest BCUT2D eigenvalue weighted by atomic mass is 10.1. The molecule has 0 saturated heterocycles. The molecule has 0 aliphatic rings. The molecule has 0 bridgehead atoms. The number of amides is 1. The first-order valence-corrected chi connectivity index (χ1v) is 6.08. The molecule has 110 valence electrons. The van der Waals surface area contributed by atoms with Crippen LogP contribution in [0.25, 0.3) is 0 Å². The van der Waals surface area contributed by atoms with Gasteiger partial charge in [-0.1, -0.05) is 6.07 Å². The fraction of sp³-hybridized carbons (Fsp3) is 0.250. The SMILES string of the molecule is Cc1ccc([N+](=O)[O-])c(C(=O)NCCc2nc(N)no2)c1. The van der Waals surface area contributed by atoms with E-state index in [1.54, 1.807) is 13.0 Å². The maximum Gasteiger partial charge on any atom is 0.282 e. The van der Waals surface area contributed by atoms with Gasteiger partial charge in [-0.25, -0.2) is 0 Å². The van der Waals surface area contributed by atoms with Gasteiger partial charge in [-0.05, 0) is 23.7 Å². The number of nitrogens with two attached hydrogens (primary N) is 1. The minimum absolute atomic E-state index is 0.0186. The average molecular weight is 291 g/mol.